The van der Waals surface area contributed by atoms with Crippen molar-refractivity contribution in [3.05, 3.63) is 11.4 Å². The minimum absolute atomic E-state index is 0.359. The van der Waals surface area contributed by atoms with Gasteiger partial charge in [0.2, 0.25) is 10.0 Å². The summed E-state index contributed by atoms with van der Waals surface area (Å²) in [5.74, 6) is 0. The van der Waals surface area contributed by atoms with Crippen LogP contribution in [0.25, 0.3) is 0 Å². The molecule has 2 N–H and O–H groups in total. The lowest BCUT2D eigenvalue weighted by molar-refractivity contribution is 0.475. The molecule has 1 fully saturated rings. The van der Waals surface area contributed by atoms with Crippen molar-refractivity contribution < 1.29 is 8.42 Å². The molecule has 0 radical (unpaired) electrons. The van der Waals surface area contributed by atoms with Crippen LogP contribution in [0.5, 0.6) is 0 Å². The number of hydrogen-bond donors (Lipinski definition) is 2. The highest BCUT2D eigenvalue weighted by molar-refractivity contribution is 7.89. The Hall–Kier alpha value is -0.920. The van der Waals surface area contributed by atoms with Gasteiger partial charge in [-0.15, -0.1) is 0 Å². The van der Waals surface area contributed by atoms with Crippen LogP contribution in [-0.4, -0.2) is 42.6 Å². The van der Waals surface area contributed by atoms with Crippen LogP contribution in [0.15, 0.2) is 4.90 Å². The molecule has 0 spiro atoms. The van der Waals surface area contributed by atoms with E-state index in [1.165, 1.54) is 0 Å². The van der Waals surface area contributed by atoms with E-state index < -0.39 is 10.0 Å². The largest absolute Gasteiger partial charge is 0.311 e. The smallest absolute Gasteiger partial charge is 0.246 e. The highest BCUT2D eigenvalue weighted by Crippen LogP contribution is 2.25. The second-order valence-electron chi connectivity index (χ2n) is 4.91. The molecule has 0 amide bonds. The molecule has 0 unspecified atom stereocenters. The molecule has 0 aromatic carbocycles. The van der Waals surface area contributed by atoms with Crippen molar-refractivity contribution in [1.82, 2.24) is 19.8 Å². The minimum Gasteiger partial charge on any atom is -0.311 e. The molecule has 1 aliphatic heterocycles. The zero-order valence-corrected chi connectivity index (χ0v) is 12.4. The monoisotopic (exact) mass is 286 g/mol. The maximum atomic E-state index is 12.6. The molecule has 108 valence electrons. The van der Waals surface area contributed by atoms with Crippen LogP contribution in [0.4, 0.5) is 0 Å². The van der Waals surface area contributed by atoms with Gasteiger partial charge in [0.25, 0.3) is 0 Å². The van der Waals surface area contributed by atoms with E-state index in [2.05, 4.69) is 22.4 Å². The van der Waals surface area contributed by atoms with Crippen molar-refractivity contribution in [2.24, 2.45) is 0 Å². The molecule has 0 aliphatic carbocycles. The average Bonchev–Trinajstić information content (AvgIpc) is 2.99. The van der Waals surface area contributed by atoms with Crippen molar-refractivity contribution >= 4 is 10.0 Å². The Morgan fingerprint density at radius 3 is 2.68 bits per heavy atom. The molecule has 0 saturated carbocycles. The van der Waals surface area contributed by atoms with E-state index in [9.17, 15) is 8.42 Å². The van der Waals surface area contributed by atoms with E-state index in [0.717, 1.165) is 25.8 Å². The average molecular weight is 286 g/mol. The topological polar surface area (TPSA) is 78.1 Å². The summed E-state index contributed by atoms with van der Waals surface area (Å²) in [6.07, 6.45) is 2.90. The molecule has 1 aliphatic rings. The highest BCUT2D eigenvalue weighted by atomic mass is 32.2. The SMILES string of the molecule is CCCNCc1n[nH]c(C)c1S(=O)(=O)N1CCCC1. The molecule has 19 heavy (non-hydrogen) atoms. The van der Waals surface area contributed by atoms with Gasteiger partial charge in [0.05, 0.1) is 11.4 Å². The molecular weight excluding hydrogens is 264 g/mol. The molecule has 2 rings (SSSR count). The number of sulfonamides is 1. The van der Waals surface area contributed by atoms with Gasteiger partial charge in [0.1, 0.15) is 4.90 Å². The first-order valence-corrected chi connectivity index (χ1v) is 8.26. The maximum absolute atomic E-state index is 12.6. The molecule has 2 heterocycles. The number of aromatic amines is 1. The molecule has 1 aromatic heterocycles. The first-order chi connectivity index (χ1) is 9.07. The van der Waals surface area contributed by atoms with Crippen molar-refractivity contribution in [1.29, 1.82) is 0 Å². The molecule has 7 heteroatoms. The lowest BCUT2D eigenvalue weighted by Gasteiger charge is -2.16. The van der Waals surface area contributed by atoms with E-state index >= 15 is 0 Å². The third kappa shape index (κ3) is 2.98. The number of hydrogen-bond acceptors (Lipinski definition) is 4. The van der Waals surface area contributed by atoms with Gasteiger partial charge in [-0.05, 0) is 32.7 Å². The maximum Gasteiger partial charge on any atom is 0.246 e. The zero-order chi connectivity index (χ0) is 13.9. The summed E-state index contributed by atoms with van der Waals surface area (Å²) in [4.78, 5) is 0.359. The van der Waals surface area contributed by atoms with Crippen LogP contribution in [-0.2, 0) is 16.6 Å². The van der Waals surface area contributed by atoms with Crippen LogP contribution in [0.1, 0.15) is 37.6 Å². The van der Waals surface area contributed by atoms with Gasteiger partial charge < -0.3 is 5.32 Å². The summed E-state index contributed by atoms with van der Waals surface area (Å²) in [6.45, 7) is 6.42. The Kier molecular flexibility index (Phi) is 4.59. The zero-order valence-electron chi connectivity index (χ0n) is 11.6. The Bertz CT molecular complexity index is 518. The summed E-state index contributed by atoms with van der Waals surface area (Å²) in [5.41, 5.74) is 1.22. The predicted octanol–water partition coefficient (Wildman–Crippen LogP) is 1.00. The third-order valence-electron chi connectivity index (χ3n) is 3.34. The molecular formula is C12H22N4O2S. The van der Waals surface area contributed by atoms with Crippen molar-refractivity contribution in [3.8, 4) is 0 Å². The van der Waals surface area contributed by atoms with Gasteiger partial charge in [0.15, 0.2) is 0 Å². The first-order valence-electron chi connectivity index (χ1n) is 6.82. The van der Waals surface area contributed by atoms with Gasteiger partial charge >= 0.3 is 0 Å². The molecule has 0 atom stereocenters. The number of H-pyrrole nitrogens is 1. The number of aromatic nitrogens is 2. The third-order valence-corrected chi connectivity index (χ3v) is 5.45. The standard InChI is InChI=1S/C12H22N4O2S/c1-3-6-13-9-11-12(10(2)14-15-11)19(17,18)16-7-4-5-8-16/h13H,3-9H2,1-2H3,(H,14,15). The molecule has 1 saturated heterocycles. The van der Waals surface area contributed by atoms with Gasteiger partial charge in [-0.1, -0.05) is 6.92 Å². The Balaban J connectivity index is 2.25. The fourth-order valence-electron chi connectivity index (χ4n) is 2.37. The van der Waals surface area contributed by atoms with E-state index in [4.69, 9.17) is 0 Å². The number of rotatable bonds is 6. The summed E-state index contributed by atoms with van der Waals surface area (Å²) < 4.78 is 26.8. The lowest BCUT2D eigenvalue weighted by atomic mass is 10.3. The fraction of sp³-hybridized carbons (Fsp3) is 0.750. The summed E-state index contributed by atoms with van der Waals surface area (Å²) in [6, 6.07) is 0. The Morgan fingerprint density at radius 1 is 1.37 bits per heavy atom. The fourth-order valence-corrected chi connectivity index (χ4v) is 4.22. The normalized spacial score (nSPS) is 17.2. The van der Waals surface area contributed by atoms with Crippen LogP contribution < -0.4 is 5.32 Å². The van der Waals surface area contributed by atoms with Gasteiger partial charge in [-0.25, -0.2) is 8.42 Å². The highest BCUT2D eigenvalue weighted by Gasteiger charge is 2.32. The first kappa shape index (κ1) is 14.5. The summed E-state index contributed by atoms with van der Waals surface area (Å²) >= 11 is 0. The van der Waals surface area contributed by atoms with Crippen molar-refractivity contribution in [2.75, 3.05) is 19.6 Å². The second-order valence-corrected chi connectivity index (χ2v) is 6.79. The van der Waals surface area contributed by atoms with Gasteiger partial charge in [0, 0.05) is 19.6 Å². The number of aryl methyl sites for hydroxylation is 1. The minimum atomic E-state index is -3.39. The predicted molar refractivity (Wildman–Crippen MR) is 73.3 cm³/mol. The Morgan fingerprint density at radius 2 is 2.05 bits per heavy atom. The Labute approximate surface area is 114 Å². The summed E-state index contributed by atoms with van der Waals surface area (Å²) in [7, 11) is -3.39. The van der Waals surface area contributed by atoms with Crippen LogP contribution in [0.2, 0.25) is 0 Å². The number of nitrogens with one attached hydrogen (secondary N) is 2. The number of nitrogens with zero attached hydrogens (tertiary/aromatic N) is 2. The molecule has 6 nitrogen and oxygen atoms in total. The van der Waals surface area contributed by atoms with E-state index in [-0.39, 0.29) is 0 Å². The van der Waals surface area contributed by atoms with Gasteiger partial charge in [-0.3, -0.25) is 5.10 Å². The van der Waals surface area contributed by atoms with Gasteiger partial charge in [-0.2, -0.15) is 9.40 Å². The molecule has 1 aromatic rings. The molecule has 0 bridgehead atoms. The summed E-state index contributed by atoms with van der Waals surface area (Å²) in [5, 5.41) is 10.1. The van der Waals surface area contributed by atoms with Crippen molar-refractivity contribution in [2.45, 2.75) is 44.6 Å². The lowest BCUT2D eigenvalue weighted by Crippen LogP contribution is -2.29. The van der Waals surface area contributed by atoms with Crippen molar-refractivity contribution in [3.63, 3.8) is 0 Å². The van der Waals surface area contributed by atoms with Crippen LogP contribution in [0, 0.1) is 6.92 Å². The van der Waals surface area contributed by atoms with Crippen LogP contribution in [0.3, 0.4) is 0 Å². The quantitative estimate of drug-likeness (QED) is 0.765. The van der Waals surface area contributed by atoms with Crippen LogP contribution >= 0.6 is 0 Å². The van der Waals surface area contributed by atoms with E-state index in [1.807, 2.05) is 0 Å². The second kappa shape index (κ2) is 6.02. The van der Waals surface area contributed by atoms with E-state index in [0.29, 0.717) is 35.9 Å². The van der Waals surface area contributed by atoms with E-state index in [1.54, 1.807) is 11.2 Å².